The van der Waals surface area contributed by atoms with Gasteiger partial charge in [-0.25, -0.2) is 0 Å². The molecule has 0 saturated heterocycles. The van der Waals surface area contributed by atoms with Gasteiger partial charge in [0.25, 0.3) is 0 Å². The van der Waals surface area contributed by atoms with Crippen molar-refractivity contribution in [2.24, 2.45) is 4.99 Å². The van der Waals surface area contributed by atoms with Crippen molar-refractivity contribution in [3.8, 4) is 5.75 Å². The average molecular weight is 325 g/mol. The maximum atomic E-state index is 9.29. The lowest BCUT2D eigenvalue weighted by molar-refractivity contribution is 0.475. The highest BCUT2D eigenvalue weighted by atomic mass is 16.3. The van der Waals surface area contributed by atoms with E-state index in [-0.39, 0.29) is 6.04 Å². The van der Waals surface area contributed by atoms with Gasteiger partial charge in [-0.2, -0.15) is 0 Å². The van der Waals surface area contributed by atoms with E-state index in [4.69, 9.17) is 0 Å². The normalized spacial score (nSPS) is 12.7. The third-order valence-electron chi connectivity index (χ3n) is 4.10. The van der Waals surface area contributed by atoms with Crippen molar-refractivity contribution >= 4 is 5.96 Å². The molecule has 4 nitrogen and oxygen atoms in total. The number of nitrogens with zero attached hydrogens (tertiary/aromatic N) is 1. The second-order valence-corrected chi connectivity index (χ2v) is 5.99. The van der Waals surface area contributed by atoms with E-state index in [9.17, 15) is 5.11 Å². The Morgan fingerprint density at radius 2 is 1.83 bits per heavy atom. The summed E-state index contributed by atoms with van der Waals surface area (Å²) in [5.74, 6) is 1.13. The zero-order valence-corrected chi connectivity index (χ0v) is 14.7. The lowest BCUT2D eigenvalue weighted by atomic mass is 10.0. The number of phenols is 1. The standard InChI is InChI=1S/C20H27N3O/c1-15-7-4-5-9-19(15)16(2)23-20(21-3)22-14-6-8-17-10-12-18(24)13-11-17/h4-5,7,9-13,16,24H,6,8,14H2,1-3H3,(H2,21,22,23). The molecular formula is C20H27N3O. The van der Waals surface area contributed by atoms with Crippen molar-refractivity contribution < 1.29 is 5.11 Å². The van der Waals surface area contributed by atoms with Crippen molar-refractivity contribution in [1.82, 2.24) is 10.6 Å². The second-order valence-electron chi connectivity index (χ2n) is 5.99. The highest BCUT2D eigenvalue weighted by molar-refractivity contribution is 5.80. The summed E-state index contributed by atoms with van der Waals surface area (Å²) in [5.41, 5.74) is 3.79. The average Bonchev–Trinajstić information content (AvgIpc) is 2.59. The maximum absolute atomic E-state index is 9.29. The van der Waals surface area contributed by atoms with E-state index in [1.165, 1.54) is 16.7 Å². The molecule has 2 rings (SSSR count). The fourth-order valence-electron chi connectivity index (χ4n) is 2.71. The van der Waals surface area contributed by atoms with Crippen LogP contribution in [0.5, 0.6) is 5.75 Å². The van der Waals surface area contributed by atoms with Gasteiger partial charge < -0.3 is 15.7 Å². The molecule has 0 radical (unpaired) electrons. The smallest absolute Gasteiger partial charge is 0.191 e. The molecule has 24 heavy (non-hydrogen) atoms. The quantitative estimate of drug-likeness (QED) is 0.432. The van der Waals surface area contributed by atoms with Crippen molar-refractivity contribution in [2.45, 2.75) is 32.7 Å². The molecule has 0 aromatic heterocycles. The lowest BCUT2D eigenvalue weighted by Gasteiger charge is -2.19. The van der Waals surface area contributed by atoms with Crippen LogP contribution in [-0.2, 0) is 6.42 Å². The van der Waals surface area contributed by atoms with Crippen LogP contribution in [0.4, 0.5) is 0 Å². The molecule has 2 aromatic carbocycles. The number of aromatic hydroxyl groups is 1. The molecule has 0 amide bonds. The number of rotatable bonds is 6. The predicted molar refractivity (Wildman–Crippen MR) is 101 cm³/mol. The molecule has 0 aliphatic rings. The summed E-state index contributed by atoms with van der Waals surface area (Å²) in [4.78, 5) is 4.30. The van der Waals surface area contributed by atoms with E-state index < -0.39 is 0 Å². The van der Waals surface area contributed by atoms with Crippen LogP contribution in [0.2, 0.25) is 0 Å². The van der Waals surface area contributed by atoms with E-state index in [0.29, 0.717) is 5.75 Å². The van der Waals surface area contributed by atoms with Crippen molar-refractivity contribution in [1.29, 1.82) is 0 Å². The van der Waals surface area contributed by atoms with Crippen molar-refractivity contribution in [3.63, 3.8) is 0 Å². The van der Waals surface area contributed by atoms with Crippen molar-refractivity contribution in [3.05, 3.63) is 65.2 Å². The Balaban J connectivity index is 1.78. The van der Waals surface area contributed by atoms with Gasteiger partial charge in [0.1, 0.15) is 5.75 Å². The molecule has 1 atom stereocenters. The van der Waals surface area contributed by atoms with Gasteiger partial charge in [0.05, 0.1) is 6.04 Å². The molecule has 3 N–H and O–H groups in total. The number of hydrogen-bond donors (Lipinski definition) is 3. The van der Waals surface area contributed by atoms with E-state index in [0.717, 1.165) is 25.3 Å². The first kappa shape index (κ1) is 17.9. The molecule has 2 aromatic rings. The number of phenolic OH excluding ortho intramolecular Hbond substituents is 1. The Labute approximate surface area is 144 Å². The van der Waals surface area contributed by atoms with Gasteiger partial charge in [0, 0.05) is 13.6 Å². The van der Waals surface area contributed by atoms with Gasteiger partial charge >= 0.3 is 0 Å². The number of guanidine groups is 1. The first-order valence-electron chi connectivity index (χ1n) is 8.40. The summed E-state index contributed by atoms with van der Waals surface area (Å²) in [6.45, 7) is 5.12. The molecule has 128 valence electrons. The number of aryl methyl sites for hydroxylation is 2. The van der Waals surface area contributed by atoms with Crippen LogP contribution in [0.15, 0.2) is 53.5 Å². The highest BCUT2D eigenvalue weighted by Crippen LogP contribution is 2.16. The summed E-state index contributed by atoms with van der Waals surface area (Å²) in [7, 11) is 1.79. The third kappa shape index (κ3) is 5.30. The fourth-order valence-corrected chi connectivity index (χ4v) is 2.71. The first-order chi connectivity index (χ1) is 11.6. The van der Waals surface area contributed by atoms with Gasteiger partial charge in [0.2, 0.25) is 0 Å². The van der Waals surface area contributed by atoms with Crippen LogP contribution < -0.4 is 10.6 Å². The predicted octanol–water partition coefficient (Wildman–Crippen LogP) is 3.56. The molecule has 0 spiro atoms. The largest absolute Gasteiger partial charge is 0.508 e. The molecule has 0 fully saturated rings. The van der Waals surface area contributed by atoms with Crippen LogP contribution in [0.3, 0.4) is 0 Å². The lowest BCUT2D eigenvalue weighted by Crippen LogP contribution is -2.39. The number of hydrogen-bond acceptors (Lipinski definition) is 2. The molecule has 0 heterocycles. The van der Waals surface area contributed by atoms with E-state index >= 15 is 0 Å². The van der Waals surface area contributed by atoms with Gasteiger partial charge in [-0.05, 0) is 55.5 Å². The highest BCUT2D eigenvalue weighted by Gasteiger charge is 2.09. The summed E-state index contributed by atoms with van der Waals surface area (Å²) < 4.78 is 0. The van der Waals surface area contributed by atoms with Gasteiger partial charge in [-0.3, -0.25) is 4.99 Å². The summed E-state index contributed by atoms with van der Waals surface area (Å²) in [6.07, 6.45) is 1.97. The Hall–Kier alpha value is -2.49. The Kier molecular flexibility index (Phi) is 6.67. The third-order valence-corrected chi connectivity index (χ3v) is 4.10. The van der Waals surface area contributed by atoms with Crippen LogP contribution in [-0.4, -0.2) is 24.7 Å². The second kappa shape index (κ2) is 8.96. The van der Waals surface area contributed by atoms with E-state index in [2.05, 4.69) is 53.7 Å². The zero-order chi connectivity index (χ0) is 17.4. The minimum atomic E-state index is 0.203. The summed E-state index contributed by atoms with van der Waals surface area (Å²) in [6, 6.07) is 16.0. The summed E-state index contributed by atoms with van der Waals surface area (Å²) in [5, 5.41) is 16.1. The minimum Gasteiger partial charge on any atom is -0.508 e. The van der Waals surface area contributed by atoms with Gasteiger partial charge in [0.15, 0.2) is 5.96 Å². The first-order valence-corrected chi connectivity index (χ1v) is 8.40. The van der Waals surface area contributed by atoms with Crippen LogP contribution in [0.1, 0.15) is 36.1 Å². The maximum Gasteiger partial charge on any atom is 0.191 e. The van der Waals surface area contributed by atoms with Crippen LogP contribution in [0, 0.1) is 6.92 Å². The van der Waals surface area contributed by atoms with Crippen molar-refractivity contribution in [2.75, 3.05) is 13.6 Å². The Bertz CT molecular complexity index is 665. The molecule has 0 saturated carbocycles. The Morgan fingerprint density at radius 1 is 1.12 bits per heavy atom. The molecule has 0 aliphatic heterocycles. The van der Waals surface area contributed by atoms with Gasteiger partial charge in [-0.15, -0.1) is 0 Å². The molecule has 0 bridgehead atoms. The number of aliphatic imine (C=N–C) groups is 1. The van der Waals surface area contributed by atoms with E-state index in [1.54, 1.807) is 19.2 Å². The minimum absolute atomic E-state index is 0.203. The number of benzene rings is 2. The topological polar surface area (TPSA) is 56.7 Å². The Morgan fingerprint density at radius 3 is 2.50 bits per heavy atom. The van der Waals surface area contributed by atoms with Crippen LogP contribution >= 0.6 is 0 Å². The molecule has 4 heteroatoms. The molecule has 0 aliphatic carbocycles. The van der Waals surface area contributed by atoms with Gasteiger partial charge in [-0.1, -0.05) is 36.4 Å². The molecule has 1 unspecified atom stereocenters. The zero-order valence-electron chi connectivity index (χ0n) is 14.7. The van der Waals surface area contributed by atoms with E-state index in [1.807, 2.05) is 12.1 Å². The fraction of sp³-hybridized carbons (Fsp3) is 0.350. The summed E-state index contributed by atoms with van der Waals surface area (Å²) >= 11 is 0. The number of nitrogens with one attached hydrogen (secondary N) is 2. The van der Waals surface area contributed by atoms with Crippen LogP contribution in [0.25, 0.3) is 0 Å². The monoisotopic (exact) mass is 325 g/mol. The molecular weight excluding hydrogens is 298 g/mol. The SMILES string of the molecule is CN=C(NCCCc1ccc(O)cc1)NC(C)c1ccccc1C.